The van der Waals surface area contributed by atoms with Gasteiger partial charge in [-0.1, -0.05) is 62.4 Å². The Morgan fingerprint density at radius 2 is 2.00 bits per heavy atom. The third kappa shape index (κ3) is 2.98. The van der Waals surface area contributed by atoms with E-state index >= 15 is 0 Å². The molecule has 3 rings (SSSR count). The SMILES string of the molecule is C=C/C=C(/C)C(=C(C)C)n1ccnc1-c1ccccc1C1(CC)CC1C. The van der Waals surface area contributed by atoms with Crippen LogP contribution in [0, 0.1) is 5.92 Å². The molecule has 0 radical (unpaired) electrons. The number of hydrogen-bond acceptors (Lipinski definition) is 1. The lowest BCUT2D eigenvalue weighted by Crippen LogP contribution is -2.11. The van der Waals surface area contributed by atoms with E-state index in [1.165, 1.54) is 40.8 Å². The van der Waals surface area contributed by atoms with Crippen molar-refractivity contribution in [2.24, 2.45) is 5.92 Å². The molecule has 2 aromatic rings. The van der Waals surface area contributed by atoms with E-state index < -0.39 is 0 Å². The zero-order valence-corrected chi connectivity index (χ0v) is 16.7. The second-order valence-electron chi connectivity index (χ2n) is 7.72. The fourth-order valence-electron chi connectivity index (χ4n) is 4.42. The van der Waals surface area contributed by atoms with Crippen LogP contribution in [0.15, 0.2) is 66.5 Å². The number of aromatic nitrogens is 2. The molecule has 1 fully saturated rings. The minimum Gasteiger partial charge on any atom is -0.300 e. The Balaban J connectivity index is 2.19. The molecule has 26 heavy (non-hydrogen) atoms. The molecule has 2 atom stereocenters. The van der Waals surface area contributed by atoms with Gasteiger partial charge in [0.15, 0.2) is 0 Å². The Morgan fingerprint density at radius 1 is 1.31 bits per heavy atom. The third-order valence-corrected chi connectivity index (χ3v) is 5.89. The van der Waals surface area contributed by atoms with Gasteiger partial charge in [0.1, 0.15) is 5.82 Å². The second-order valence-corrected chi connectivity index (χ2v) is 7.72. The van der Waals surface area contributed by atoms with E-state index in [1.807, 2.05) is 12.3 Å². The van der Waals surface area contributed by atoms with Gasteiger partial charge in [-0.15, -0.1) is 0 Å². The van der Waals surface area contributed by atoms with E-state index in [4.69, 9.17) is 4.98 Å². The summed E-state index contributed by atoms with van der Waals surface area (Å²) in [7, 11) is 0. The molecule has 0 spiro atoms. The normalized spacial score (nSPS) is 22.2. The predicted molar refractivity (Wildman–Crippen MR) is 112 cm³/mol. The number of hydrogen-bond donors (Lipinski definition) is 0. The number of nitrogens with zero attached hydrogens (tertiary/aromatic N) is 2. The molecule has 136 valence electrons. The molecule has 1 aliphatic carbocycles. The monoisotopic (exact) mass is 346 g/mol. The highest BCUT2D eigenvalue weighted by molar-refractivity contribution is 5.74. The molecule has 0 aliphatic heterocycles. The summed E-state index contributed by atoms with van der Waals surface area (Å²) in [5.41, 5.74) is 6.67. The van der Waals surface area contributed by atoms with Crippen LogP contribution in [0.3, 0.4) is 0 Å². The topological polar surface area (TPSA) is 17.8 Å². The van der Waals surface area contributed by atoms with Gasteiger partial charge in [-0.25, -0.2) is 4.98 Å². The number of imidazole rings is 1. The molecule has 2 heteroatoms. The van der Waals surface area contributed by atoms with E-state index in [0.29, 0.717) is 5.41 Å². The first kappa shape index (κ1) is 18.4. The molecule has 1 aromatic heterocycles. The molecule has 0 saturated heterocycles. The van der Waals surface area contributed by atoms with Crippen molar-refractivity contribution < 1.29 is 0 Å². The van der Waals surface area contributed by atoms with Crippen LogP contribution in [0.25, 0.3) is 17.1 Å². The summed E-state index contributed by atoms with van der Waals surface area (Å²) in [6, 6.07) is 8.82. The molecule has 1 saturated carbocycles. The quantitative estimate of drug-likeness (QED) is 0.537. The fraction of sp³-hybridized carbons (Fsp3) is 0.375. The Morgan fingerprint density at radius 3 is 2.58 bits per heavy atom. The van der Waals surface area contributed by atoms with Crippen molar-refractivity contribution in [3.8, 4) is 11.4 Å². The highest BCUT2D eigenvalue weighted by atomic mass is 15.1. The maximum absolute atomic E-state index is 4.77. The van der Waals surface area contributed by atoms with Gasteiger partial charge in [-0.2, -0.15) is 0 Å². The predicted octanol–water partition coefficient (Wildman–Crippen LogP) is 6.62. The van der Waals surface area contributed by atoms with Gasteiger partial charge in [-0.3, -0.25) is 4.57 Å². The van der Waals surface area contributed by atoms with Crippen molar-refractivity contribution in [3.63, 3.8) is 0 Å². The minimum atomic E-state index is 0.310. The van der Waals surface area contributed by atoms with Crippen LogP contribution in [0.1, 0.15) is 53.0 Å². The highest BCUT2D eigenvalue weighted by Gasteiger charge is 2.51. The summed E-state index contributed by atoms with van der Waals surface area (Å²) >= 11 is 0. The van der Waals surface area contributed by atoms with E-state index in [1.54, 1.807) is 0 Å². The molecular weight excluding hydrogens is 316 g/mol. The summed E-state index contributed by atoms with van der Waals surface area (Å²) in [6.45, 7) is 15.0. The number of allylic oxidation sites excluding steroid dienone is 5. The van der Waals surface area contributed by atoms with Gasteiger partial charge in [-0.05, 0) is 56.1 Å². The third-order valence-electron chi connectivity index (χ3n) is 5.89. The van der Waals surface area contributed by atoms with Crippen molar-refractivity contribution in [3.05, 3.63) is 72.1 Å². The standard InChI is InChI=1S/C24H30N2/c1-7-11-18(5)22(17(3)4)26-15-14-25-23(26)20-12-9-10-13-21(20)24(8-2)16-19(24)6/h7,9-15,19H,1,8,16H2,2-6H3/b18-11-. The lowest BCUT2D eigenvalue weighted by atomic mass is 9.87. The Kier molecular flexibility index (Phi) is 5.04. The molecule has 0 amide bonds. The van der Waals surface area contributed by atoms with Crippen LogP contribution in [-0.2, 0) is 5.41 Å². The maximum Gasteiger partial charge on any atom is 0.144 e. The first-order valence-corrected chi connectivity index (χ1v) is 9.57. The van der Waals surface area contributed by atoms with Crippen LogP contribution >= 0.6 is 0 Å². The van der Waals surface area contributed by atoms with E-state index in [-0.39, 0.29) is 0 Å². The van der Waals surface area contributed by atoms with E-state index in [9.17, 15) is 0 Å². The summed E-state index contributed by atoms with van der Waals surface area (Å²) in [6.07, 6.45) is 10.3. The smallest absolute Gasteiger partial charge is 0.144 e. The van der Waals surface area contributed by atoms with Gasteiger partial charge >= 0.3 is 0 Å². The van der Waals surface area contributed by atoms with Crippen LogP contribution in [-0.4, -0.2) is 9.55 Å². The molecule has 1 aliphatic rings. The van der Waals surface area contributed by atoms with Crippen molar-refractivity contribution in [1.82, 2.24) is 9.55 Å². The molecule has 1 aromatic carbocycles. The maximum atomic E-state index is 4.77. The summed E-state index contributed by atoms with van der Waals surface area (Å²) in [5, 5.41) is 0. The highest BCUT2D eigenvalue weighted by Crippen LogP contribution is 2.58. The average molecular weight is 347 g/mol. The van der Waals surface area contributed by atoms with E-state index in [0.717, 1.165) is 11.7 Å². The Labute approximate surface area is 158 Å². The van der Waals surface area contributed by atoms with Crippen LogP contribution in [0.5, 0.6) is 0 Å². The lowest BCUT2D eigenvalue weighted by molar-refractivity contribution is 0.608. The average Bonchev–Trinajstić information content (AvgIpc) is 3.06. The molecule has 2 nitrogen and oxygen atoms in total. The summed E-state index contributed by atoms with van der Waals surface area (Å²) in [4.78, 5) is 4.77. The van der Waals surface area contributed by atoms with Gasteiger partial charge < -0.3 is 0 Å². The van der Waals surface area contributed by atoms with Gasteiger partial charge in [0, 0.05) is 23.7 Å². The Bertz CT molecular complexity index is 873. The molecule has 1 heterocycles. The van der Waals surface area contributed by atoms with Gasteiger partial charge in [0.2, 0.25) is 0 Å². The van der Waals surface area contributed by atoms with Crippen LogP contribution in [0.4, 0.5) is 0 Å². The van der Waals surface area contributed by atoms with Gasteiger partial charge in [0.05, 0.1) is 0 Å². The molecule has 0 N–H and O–H groups in total. The minimum absolute atomic E-state index is 0.310. The molecule has 0 bridgehead atoms. The van der Waals surface area contributed by atoms with Crippen molar-refractivity contribution in [2.75, 3.05) is 0 Å². The summed E-state index contributed by atoms with van der Waals surface area (Å²) in [5.74, 6) is 1.77. The second kappa shape index (κ2) is 7.11. The van der Waals surface area contributed by atoms with Crippen LogP contribution in [0.2, 0.25) is 0 Å². The molecule has 2 unspecified atom stereocenters. The number of rotatable bonds is 6. The zero-order chi connectivity index (χ0) is 18.9. The van der Waals surface area contributed by atoms with Crippen molar-refractivity contribution in [1.29, 1.82) is 0 Å². The van der Waals surface area contributed by atoms with Crippen molar-refractivity contribution in [2.45, 2.75) is 52.9 Å². The van der Waals surface area contributed by atoms with Gasteiger partial charge in [0.25, 0.3) is 0 Å². The first-order chi connectivity index (χ1) is 12.5. The largest absolute Gasteiger partial charge is 0.300 e. The van der Waals surface area contributed by atoms with Crippen LogP contribution < -0.4 is 0 Å². The summed E-state index contributed by atoms with van der Waals surface area (Å²) < 4.78 is 2.24. The zero-order valence-electron chi connectivity index (χ0n) is 16.7. The molecular formula is C24H30N2. The van der Waals surface area contributed by atoms with Crippen molar-refractivity contribution >= 4 is 5.70 Å². The fourth-order valence-corrected chi connectivity index (χ4v) is 4.42. The first-order valence-electron chi connectivity index (χ1n) is 9.57. The van der Waals surface area contributed by atoms with E-state index in [2.05, 4.69) is 82.3 Å². The number of benzene rings is 1. The Hall–Kier alpha value is -2.35. The lowest BCUT2D eigenvalue weighted by Gasteiger charge is -2.21.